The summed E-state index contributed by atoms with van der Waals surface area (Å²) in [6.07, 6.45) is 5.69. The number of aliphatic carboxylic acids is 1. The average Bonchev–Trinajstić information content (AvgIpc) is 2.83. The maximum atomic E-state index is 14.4. The number of alkyl halides is 2. The zero-order chi connectivity index (χ0) is 24.9. The van der Waals surface area contributed by atoms with E-state index in [1.807, 2.05) is 13.8 Å². The molecular weight excluding hydrogens is 446 g/mol. The van der Waals surface area contributed by atoms with Crippen LogP contribution in [0.25, 0.3) is 0 Å². The fraction of sp³-hybridized carbons (Fsp3) is 0.654. The van der Waals surface area contributed by atoms with Crippen molar-refractivity contribution in [3.8, 4) is 0 Å². The highest BCUT2D eigenvalue weighted by Gasteiger charge is 2.53. The summed E-state index contributed by atoms with van der Waals surface area (Å²) in [5, 5.41) is 9.03. The first-order chi connectivity index (χ1) is 16.1. The topological polar surface area (TPSA) is 89.9 Å². The number of carboxylic acids is 1. The van der Waals surface area contributed by atoms with Crippen LogP contribution in [-0.2, 0) is 14.3 Å². The van der Waals surface area contributed by atoms with Crippen LogP contribution in [0.1, 0.15) is 98.8 Å². The van der Waals surface area contributed by atoms with Gasteiger partial charge in [0.05, 0.1) is 11.1 Å². The molecule has 1 aromatic carbocycles. The second-order valence-corrected chi connectivity index (χ2v) is 9.90. The van der Waals surface area contributed by atoms with Crippen LogP contribution in [0, 0.1) is 11.8 Å². The molecule has 2 fully saturated rings. The molecule has 1 N–H and O–H groups in total. The molecule has 2 aliphatic rings. The third-order valence-electron chi connectivity index (χ3n) is 7.36. The summed E-state index contributed by atoms with van der Waals surface area (Å²) in [4.78, 5) is 36.6. The van der Waals surface area contributed by atoms with Crippen LogP contribution in [0.4, 0.5) is 8.78 Å². The van der Waals surface area contributed by atoms with Gasteiger partial charge in [0.1, 0.15) is 5.60 Å². The lowest BCUT2D eigenvalue weighted by Gasteiger charge is -2.40. The van der Waals surface area contributed by atoms with Crippen molar-refractivity contribution in [3.05, 3.63) is 35.4 Å². The van der Waals surface area contributed by atoms with Gasteiger partial charge in [-0.1, -0.05) is 39.5 Å². The molecule has 0 bridgehead atoms. The lowest BCUT2D eigenvalue weighted by atomic mass is 9.77. The van der Waals surface area contributed by atoms with E-state index in [2.05, 4.69) is 0 Å². The molecule has 0 saturated heterocycles. The van der Waals surface area contributed by atoms with Crippen LogP contribution in [0.2, 0.25) is 0 Å². The summed E-state index contributed by atoms with van der Waals surface area (Å²) in [5.74, 6) is -8.59. The van der Waals surface area contributed by atoms with Crippen molar-refractivity contribution in [2.24, 2.45) is 11.8 Å². The predicted molar refractivity (Wildman–Crippen MR) is 121 cm³/mol. The van der Waals surface area contributed by atoms with Gasteiger partial charge in [-0.15, -0.1) is 0 Å². The monoisotopic (exact) mass is 480 g/mol. The van der Waals surface area contributed by atoms with Gasteiger partial charge in [0.2, 0.25) is 0 Å². The van der Waals surface area contributed by atoms with Gasteiger partial charge in [0.25, 0.3) is 0 Å². The molecule has 0 heterocycles. The standard InChI is InChI=1S/C26H34F2O6/c1-17(2)25(15-7-4-8-16-25)34-23(30)20-13-11-19(12-14-20)22(29)33-21(26(27,28)24(31)32)18-9-5-3-6-10-18/h11-14,17-18,21H,3-10,15-16H2,1-2H3,(H,31,32). The Kier molecular flexibility index (Phi) is 8.31. The summed E-state index contributed by atoms with van der Waals surface area (Å²) in [5.41, 5.74) is -0.292. The highest BCUT2D eigenvalue weighted by Crippen LogP contribution is 2.39. The molecule has 8 heteroatoms. The Bertz CT molecular complexity index is 868. The van der Waals surface area contributed by atoms with Gasteiger partial charge in [-0.05, 0) is 68.7 Å². The molecule has 0 aromatic heterocycles. The highest BCUT2D eigenvalue weighted by molar-refractivity contribution is 5.93. The first-order valence-corrected chi connectivity index (χ1v) is 12.2. The quantitative estimate of drug-likeness (QED) is 0.457. The van der Waals surface area contributed by atoms with Crippen LogP contribution in [-0.4, -0.2) is 40.6 Å². The number of ether oxygens (including phenoxy) is 2. The molecule has 2 aliphatic carbocycles. The number of halogens is 2. The minimum Gasteiger partial charge on any atom is -0.477 e. The van der Waals surface area contributed by atoms with Gasteiger partial charge in [0, 0.05) is 5.92 Å². The molecule has 1 atom stereocenters. The minimum absolute atomic E-state index is 0.0326. The zero-order valence-corrected chi connectivity index (χ0v) is 19.9. The zero-order valence-electron chi connectivity index (χ0n) is 19.9. The summed E-state index contributed by atoms with van der Waals surface area (Å²) in [6, 6.07) is 5.44. The van der Waals surface area contributed by atoms with Gasteiger partial charge in [-0.2, -0.15) is 8.78 Å². The van der Waals surface area contributed by atoms with Gasteiger partial charge in [-0.3, -0.25) is 0 Å². The second kappa shape index (κ2) is 10.8. The van der Waals surface area contributed by atoms with Gasteiger partial charge in [-0.25, -0.2) is 14.4 Å². The Hall–Kier alpha value is -2.51. The molecule has 0 radical (unpaired) electrons. The van der Waals surface area contributed by atoms with Gasteiger partial charge in [0.15, 0.2) is 6.10 Å². The first-order valence-electron chi connectivity index (χ1n) is 12.2. The van der Waals surface area contributed by atoms with Crippen molar-refractivity contribution in [3.63, 3.8) is 0 Å². The molecule has 6 nitrogen and oxygen atoms in total. The fourth-order valence-corrected chi connectivity index (χ4v) is 5.14. The maximum absolute atomic E-state index is 14.4. The predicted octanol–water partition coefficient (Wildman–Crippen LogP) is 6.03. The van der Waals surface area contributed by atoms with E-state index in [1.54, 1.807) is 0 Å². The van der Waals surface area contributed by atoms with Crippen LogP contribution < -0.4 is 0 Å². The van der Waals surface area contributed by atoms with E-state index in [1.165, 1.54) is 24.3 Å². The number of rotatable bonds is 8. The fourth-order valence-electron chi connectivity index (χ4n) is 5.14. The lowest BCUT2D eigenvalue weighted by molar-refractivity contribution is -0.189. The Balaban J connectivity index is 1.71. The molecule has 188 valence electrons. The second-order valence-electron chi connectivity index (χ2n) is 9.90. The van der Waals surface area contributed by atoms with Crippen molar-refractivity contribution in [1.29, 1.82) is 0 Å². The molecule has 34 heavy (non-hydrogen) atoms. The van der Waals surface area contributed by atoms with E-state index >= 15 is 0 Å². The normalized spacial score (nSPS) is 19.9. The summed E-state index contributed by atoms with van der Waals surface area (Å²) in [6.45, 7) is 4.07. The van der Waals surface area contributed by atoms with Crippen LogP contribution in [0.15, 0.2) is 24.3 Å². The number of esters is 2. The van der Waals surface area contributed by atoms with E-state index in [9.17, 15) is 23.2 Å². The summed E-state index contributed by atoms with van der Waals surface area (Å²) >= 11 is 0. The average molecular weight is 481 g/mol. The van der Waals surface area contributed by atoms with Gasteiger partial charge < -0.3 is 14.6 Å². The van der Waals surface area contributed by atoms with Crippen molar-refractivity contribution in [2.45, 2.75) is 95.7 Å². The molecule has 0 aliphatic heterocycles. The Morgan fingerprint density at radius 1 is 0.912 bits per heavy atom. The largest absolute Gasteiger partial charge is 0.477 e. The number of hydrogen-bond donors (Lipinski definition) is 1. The van der Waals surface area contributed by atoms with Crippen molar-refractivity contribution >= 4 is 17.9 Å². The van der Waals surface area contributed by atoms with Crippen molar-refractivity contribution in [2.75, 3.05) is 0 Å². The van der Waals surface area contributed by atoms with E-state index in [4.69, 9.17) is 14.6 Å². The molecular formula is C26H34F2O6. The van der Waals surface area contributed by atoms with Crippen LogP contribution in [0.5, 0.6) is 0 Å². The molecule has 0 amide bonds. The maximum Gasteiger partial charge on any atom is 0.378 e. The van der Waals surface area contributed by atoms with Crippen LogP contribution >= 0.6 is 0 Å². The number of carbonyl (C=O) groups excluding carboxylic acids is 2. The third-order valence-corrected chi connectivity index (χ3v) is 7.36. The minimum atomic E-state index is -4.19. The number of carbonyl (C=O) groups is 3. The third kappa shape index (κ3) is 5.76. The number of benzene rings is 1. The SMILES string of the molecule is CC(C)C1(OC(=O)c2ccc(C(=O)OC(C3CCCCC3)C(F)(F)C(=O)O)cc2)CCCCC1. The van der Waals surface area contributed by atoms with Gasteiger partial charge >= 0.3 is 23.8 Å². The summed E-state index contributed by atoms with van der Waals surface area (Å²) in [7, 11) is 0. The Morgan fingerprint density at radius 3 is 1.91 bits per heavy atom. The van der Waals surface area contributed by atoms with Crippen molar-refractivity contribution in [1.82, 2.24) is 0 Å². The highest BCUT2D eigenvalue weighted by atomic mass is 19.3. The number of hydrogen-bond acceptors (Lipinski definition) is 5. The summed E-state index contributed by atoms with van der Waals surface area (Å²) < 4.78 is 39.9. The lowest BCUT2D eigenvalue weighted by Crippen LogP contribution is -2.48. The molecule has 2 saturated carbocycles. The van der Waals surface area contributed by atoms with E-state index in [-0.39, 0.29) is 17.0 Å². The number of carboxylic acid groups (broad SMARTS) is 1. The van der Waals surface area contributed by atoms with E-state index < -0.39 is 41.5 Å². The molecule has 0 spiro atoms. The van der Waals surface area contributed by atoms with E-state index in [0.29, 0.717) is 25.7 Å². The Morgan fingerprint density at radius 2 is 1.41 bits per heavy atom. The van der Waals surface area contributed by atoms with Crippen LogP contribution in [0.3, 0.4) is 0 Å². The first kappa shape index (κ1) is 26.1. The van der Waals surface area contributed by atoms with Crippen molar-refractivity contribution < 1.29 is 37.7 Å². The smallest absolute Gasteiger partial charge is 0.378 e. The van der Waals surface area contributed by atoms with E-state index in [0.717, 1.165) is 38.5 Å². The molecule has 1 aromatic rings. The Labute approximate surface area is 199 Å². The molecule has 3 rings (SSSR count). The molecule has 1 unspecified atom stereocenters.